The molecule has 0 radical (unpaired) electrons. The number of phenolic OH excluding ortho intramolecular Hbond substituents is 1. The van der Waals surface area contributed by atoms with E-state index in [2.05, 4.69) is 39.6 Å². The number of imide groups is 1. The monoisotopic (exact) mass is 678 g/mol. The first kappa shape index (κ1) is 33.8. The second kappa shape index (κ2) is 13.1. The SMILES string of the molecule is CC(O)[C@]1(O)C2C#C/C=C\C#CC(O)C1c1cc(O)c3c(c1N2)C(=O)c1ccc(NC(=O)CNC(=O)CCCN2C(=O)C=CC2=O)cc1C3=O. The van der Waals surface area contributed by atoms with Gasteiger partial charge in [-0.15, -0.1) is 0 Å². The second-order valence-corrected chi connectivity index (χ2v) is 12.1. The Kier molecular flexibility index (Phi) is 8.86. The van der Waals surface area contributed by atoms with Gasteiger partial charge in [-0.1, -0.05) is 23.7 Å². The number of fused-ring (bicyclic) bond motifs is 7. The fourth-order valence-corrected chi connectivity index (χ4v) is 6.54. The van der Waals surface area contributed by atoms with Gasteiger partial charge in [-0.05, 0) is 55.3 Å². The van der Waals surface area contributed by atoms with Crippen LogP contribution in [0, 0.1) is 23.7 Å². The first-order valence-corrected chi connectivity index (χ1v) is 15.6. The zero-order valence-corrected chi connectivity index (χ0v) is 26.4. The number of ketones is 2. The number of amides is 4. The molecule has 4 unspecified atom stereocenters. The highest BCUT2D eigenvalue weighted by Gasteiger charge is 2.56. The van der Waals surface area contributed by atoms with Crippen molar-refractivity contribution in [3.8, 4) is 29.4 Å². The van der Waals surface area contributed by atoms with Crippen LogP contribution in [0.2, 0.25) is 0 Å². The molecule has 2 aliphatic carbocycles. The highest BCUT2D eigenvalue weighted by molar-refractivity contribution is 6.31. The number of rotatable bonds is 8. The summed E-state index contributed by atoms with van der Waals surface area (Å²) in [6, 6.07) is 3.87. The number of benzene rings is 2. The predicted octanol–water partition coefficient (Wildman–Crippen LogP) is -0.145. The van der Waals surface area contributed by atoms with Crippen molar-refractivity contribution in [2.75, 3.05) is 23.7 Å². The number of anilines is 2. The van der Waals surface area contributed by atoms with E-state index in [-0.39, 0.29) is 58.6 Å². The third-order valence-electron chi connectivity index (χ3n) is 8.99. The first-order chi connectivity index (χ1) is 23.8. The molecule has 2 heterocycles. The number of allylic oxidation sites excluding steroid dienone is 2. The maximum absolute atomic E-state index is 14.0. The lowest BCUT2D eigenvalue weighted by Gasteiger charge is -2.48. The predicted molar refractivity (Wildman–Crippen MR) is 176 cm³/mol. The van der Waals surface area contributed by atoms with Crippen LogP contribution < -0.4 is 16.0 Å². The van der Waals surface area contributed by atoms with Gasteiger partial charge in [-0.2, -0.15) is 0 Å². The van der Waals surface area contributed by atoms with E-state index in [9.17, 15) is 49.2 Å². The Morgan fingerprint density at radius 2 is 1.66 bits per heavy atom. The van der Waals surface area contributed by atoms with Crippen LogP contribution in [0.3, 0.4) is 0 Å². The van der Waals surface area contributed by atoms with Gasteiger partial charge in [-0.25, -0.2) is 0 Å². The lowest BCUT2D eigenvalue weighted by atomic mass is 9.66. The molecule has 5 atom stereocenters. The molecule has 0 aromatic heterocycles. The molecule has 50 heavy (non-hydrogen) atoms. The molecule has 2 bridgehead atoms. The summed E-state index contributed by atoms with van der Waals surface area (Å²) < 4.78 is 0. The molecule has 2 aromatic carbocycles. The van der Waals surface area contributed by atoms with Crippen molar-refractivity contribution in [1.29, 1.82) is 0 Å². The van der Waals surface area contributed by atoms with E-state index in [0.717, 1.165) is 23.1 Å². The summed E-state index contributed by atoms with van der Waals surface area (Å²) >= 11 is 0. The van der Waals surface area contributed by atoms with Crippen molar-refractivity contribution in [2.45, 2.75) is 49.5 Å². The van der Waals surface area contributed by atoms with Crippen molar-refractivity contribution >= 4 is 46.6 Å². The van der Waals surface area contributed by atoms with Gasteiger partial charge in [0.2, 0.25) is 11.8 Å². The van der Waals surface area contributed by atoms with Crippen molar-refractivity contribution in [3.05, 3.63) is 76.4 Å². The second-order valence-electron chi connectivity index (χ2n) is 12.1. The first-order valence-electron chi connectivity index (χ1n) is 15.6. The Morgan fingerprint density at radius 3 is 2.36 bits per heavy atom. The zero-order valence-electron chi connectivity index (χ0n) is 26.4. The number of nitrogens with one attached hydrogen (secondary N) is 3. The van der Waals surface area contributed by atoms with Crippen LogP contribution in [0.1, 0.15) is 63.1 Å². The van der Waals surface area contributed by atoms with Gasteiger partial charge in [0, 0.05) is 41.9 Å². The quantitative estimate of drug-likeness (QED) is 0.0943. The van der Waals surface area contributed by atoms with Gasteiger partial charge in [0.05, 0.1) is 35.4 Å². The molecule has 0 fully saturated rings. The third kappa shape index (κ3) is 5.82. The largest absolute Gasteiger partial charge is 0.507 e. The van der Waals surface area contributed by atoms with Crippen LogP contribution in [0.5, 0.6) is 5.75 Å². The topological polar surface area (TPSA) is 223 Å². The molecule has 0 saturated heterocycles. The summed E-state index contributed by atoms with van der Waals surface area (Å²) in [4.78, 5) is 77.0. The van der Waals surface area contributed by atoms with E-state index in [4.69, 9.17) is 0 Å². The Labute approximate surface area is 284 Å². The van der Waals surface area contributed by atoms with Crippen molar-refractivity contribution in [3.63, 3.8) is 0 Å². The Morgan fingerprint density at radius 1 is 0.980 bits per heavy atom. The number of aliphatic hydroxyl groups excluding tert-OH is 2. The zero-order chi connectivity index (χ0) is 35.9. The number of hydrogen-bond acceptors (Lipinski definition) is 11. The minimum Gasteiger partial charge on any atom is -0.507 e. The highest BCUT2D eigenvalue weighted by atomic mass is 16.3. The molecule has 0 saturated carbocycles. The number of carbonyl (C=O) groups is 6. The van der Waals surface area contributed by atoms with Gasteiger partial charge < -0.3 is 36.4 Å². The molecule has 14 heteroatoms. The molecule has 254 valence electrons. The molecule has 7 N–H and O–H groups in total. The number of carbonyl (C=O) groups excluding carboxylic acids is 6. The number of hydrogen-bond donors (Lipinski definition) is 7. The van der Waals surface area contributed by atoms with Crippen LogP contribution in [0.25, 0.3) is 0 Å². The summed E-state index contributed by atoms with van der Waals surface area (Å²) in [7, 11) is 0. The molecule has 2 aromatic rings. The van der Waals surface area contributed by atoms with Gasteiger partial charge in [0.15, 0.2) is 11.6 Å². The van der Waals surface area contributed by atoms with E-state index in [1.54, 1.807) is 0 Å². The smallest absolute Gasteiger partial charge is 0.253 e. The van der Waals surface area contributed by atoms with Crippen molar-refractivity contribution < 1.29 is 49.2 Å². The molecule has 2 aliphatic heterocycles. The molecule has 4 aliphatic rings. The van der Waals surface area contributed by atoms with Crippen LogP contribution in [-0.4, -0.2) is 97.5 Å². The third-order valence-corrected chi connectivity index (χ3v) is 8.99. The normalized spacial score (nSPS) is 23.9. The molecule has 0 spiro atoms. The minimum atomic E-state index is -2.14. The van der Waals surface area contributed by atoms with Gasteiger partial charge in [0.1, 0.15) is 23.5 Å². The maximum Gasteiger partial charge on any atom is 0.253 e. The molecular formula is C36H30N4O10. The number of phenols is 1. The van der Waals surface area contributed by atoms with Crippen LogP contribution in [0.15, 0.2) is 48.6 Å². The summed E-state index contributed by atoms with van der Waals surface area (Å²) in [6.07, 6.45) is 2.19. The number of aromatic hydroxyl groups is 1. The highest BCUT2D eigenvalue weighted by Crippen LogP contribution is 2.50. The van der Waals surface area contributed by atoms with Crippen molar-refractivity contribution in [2.24, 2.45) is 0 Å². The summed E-state index contributed by atoms with van der Waals surface area (Å²) in [5.74, 6) is 5.27. The summed E-state index contributed by atoms with van der Waals surface area (Å²) in [5, 5.41) is 52.8. The molecule has 6 rings (SSSR count). The Balaban J connectivity index is 1.22. The molecule has 4 amide bonds. The number of nitrogens with zero attached hydrogens (tertiary/aromatic N) is 1. The lowest BCUT2D eigenvalue weighted by molar-refractivity contribution is -0.137. The van der Waals surface area contributed by atoms with E-state index >= 15 is 0 Å². The van der Waals surface area contributed by atoms with Crippen LogP contribution in [0.4, 0.5) is 11.4 Å². The maximum atomic E-state index is 14.0. The van der Waals surface area contributed by atoms with Crippen LogP contribution in [-0.2, 0) is 19.2 Å². The van der Waals surface area contributed by atoms with E-state index in [1.165, 1.54) is 37.3 Å². The minimum absolute atomic E-state index is 0.0326. The summed E-state index contributed by atoms with van der Waals surface area (Å²) in [6.45, 7) is 0.938. The molecule has 14 nitrogen and oxygen atoms in total. The molecular weight excluding hydrogens is 648 g/mol. The van der Waals surface area contributed by atoms with E-state index in [0.29, 0.717) is 0 Å². The Hall–Kier alpha value is -6.06. The van der Waals surface area contributed by atoms with E-state index in [1.807, 2.05) is 0 Å². The van der Waals surface area contributed by atoms with Gasteiger partial charge in [0.25, 0.3) is 11.8 Å². The van der Waals surface area contributed by atoms with Gasteiger partial charge in [-0.3, -0.25) is 33.7 Å². The fraction of sp³-hybridized carbons (Fsp3) is 0.278. The fourth-order valence-electron chi connectivity index (χ4n) is 6.54. The number of aliphatic hydroxyl groups is 3. The summed E-state index contributed by atoms with van der Waals surface area (Å²) in [5.41, 5.74) is -2.67. The average Bonchev–Trinajstić information content (AvgIpc) is 3.39. The van der Waals surface area contributed by atoms with Gasteiger partial charge >= 0.3 is 0 Å². The average molecular weight is 679 g/mol. The standard InChI is InChI=1S/C36H30N4O10/c1-18(41)36(50)25-8-5-3-2-4-7-23(42)32(36)22-16-24(43)30-31(33(22)39-25)34(48)20-11-10-19(15-21(20)35(30)49)38-27(45)17-37-26(44)9-6-14-40-28(46)12-13-29(40)47/h2-3,10-13,15-16,18,23,25,32,39,41-43,50H,6,9,14,17H2,1H3,(H,37,44)(H,38,45)/b3-2-/t18?,23?,25?,32?,36-/m0/s1. The lowest BCUT2D eigenvalue weighted by Crippen LogP contribution is -2.62. The van der Waals surface area contributed by atoms with E-state index < -0.39 is 77.3 Å². The Bertz CT molecular complexity index is 2060. The van der Waals surface area contributed by atoms with Crippen LogP contribution >= 0.6 is 0 Å². The van der Waals surface area contributed by atoms with Crippen molar-refractivity contribution in [1.82, 2.24) is 10.2 Å².